The van der Waals surface area contributed by atoms with Gasteiger partial charge in [-0.05, 0) is 52.5 Å². The molecular weight excluding hydrogens is 334 g/mol. The highest BCUT2D eigenvalue weighted by atomic mass is 32.1. The summed E-state index contributed by atoms with van der Waals surface area (Å²) in [6, 6.07) is 8.09. The Morgan fingerprint density at radius 2 is 1.96 bits per heavy atom. The molecule has 25 heavy (non-hydrogen) atoms. The molecule has 7 heteroatoms. The Bertz CT molecular complexity index is 816. The maximum Gasteiger partial charge on any atom is 0.234 e. The molecule has 1 aromatic heterocycles. The van der Waals surface area contributed by atoms with E-state index in [4.69, 9.17) is 12.2 Å². The van der Waals surface area contributed by atoms with Gasteiger partial charge in [-0.25, -0.2) is 4.68 Å². The van der Waals surface area contributed by atoms with E-state index in [9.17, 15) is 4.79 Å². The van der Waals surface area contributed by atoms with Crippen LogP contribution in [0.2, 0.25) is 0 Å². The third-order valence-electron chi connectivity index (χ3n) is 3.73. The van der Waals surface area contributed by atoms with Gasteiger partial charge in [-0.15, -0.1) is 0 Å². The first kappa shape index (κ1) is 19.3. The van der Waals surface area contributed by atoms with Crippen molar-refractivity contribution in [3.05, 3.63) is 34.6 Å². The summed E-state index contributed by atoms with van der Waals surface area (Å²) in [6.45, 7) is 8.70. The number of nitrogens with zero attached hydrogens (tertiary/aromatic N) is 4. The highest BCUT2D eigenvalue weighted by Gasteiger charge is 2.17. The number of rotatable bonds is 5. The van der Waals surface area contributed by atoms with Crippen molar-refractivity contribution < 1.29 is 4.79 Å². The second-order valence-electron chi connectivity index (χ2n) is 7.43. The Morgan fingerprint density at radius 3 is 2.56 bits per heavy atom. The molecule has 1 aromatic carbocycles. The molecule has 136 valence electrons. The molecule has 0 atom stereocenters. The number of nitrogens with one attached hydrogen (secondary N) is 1. The van der Waals surface area contributed by atoms with E-state index in [0.29, 0.717) is 11.4 Å². The van der Waals surface area contributed by atoms with E-state index in [0.717, 1.165) is 17.0 Å². The number of likely N-dealkylation sites (N-methyl/N-ethyl adjacent to an activating group) is 1. The molecular formula is C18H27N5OS. The van der Waals surface area contributed by atoms with Gasteiger partial charge in [-0.1, -0.05) is 24.3 Å². The minimum Gasteiger partial charge on any atom is -0.350 e. The molecule has 0 saturated carbocycles. The Hall–Kier alpha value is -1.99. The van der Waals surface area contributed by atoms with Crippen molar-refractivity contribution in [2.75, 3.05) is 13.6 Å². The van der Waals surface area contributed by atoms with Gasteiger partial charge in [0.25, 0.3) is 0 Å². The lowest BCUT2D eigenvalue weighted by Crippen LogP contribution is -2.45. The highest BCUT2D eigenvalue weighted by molar-refractivity contribution is 7.71. The molecule has 2 rings (SSSR count). The van der Waals surface area contributed by atoms with E-state index in [-0.39, 0.29) is 18.0 Å². The quantitative estimate of drug-likeness (QED) is 0.832. The number of hydrogen-bond acceptors (Lipinski definition) is 4. The van der Waals surface area contributed by atoms with E-state index in [1.54, 1.807) is 4.68 Å². The molecule has 2 aromatic rings. The first-order chi connectivity index (χ1) is 11.6. The number of hydrogen-bond donors (Lipinski definition) is 1. The van der Waals surface area contributed by atoms with Crippen molar-refractivity contribution in [3.8, 4) is 11.4 Å². The molecule has 1 heterocycles. The normalized spacial score (nSPS) is 11.8. The third kappa shape index (κ3) is 4.99. The van der Waals surface area contributed by atoms with Gasteiger partial charge in [-0.3, -0.25) is 9.69 Å². The average molecular weight is 362 g/mol. The van der Waals surface area contributed by atoms with E-state index in [2.05, 4.69) is 23.4 Å². The van der Waals surface area contributed by atoms with Crippen LogP contribution in [0.5, 0.6) is 0 Å². The maximum absolute atomic E-state index is 12.1. The van der Waals surface area contributed by atoms with E-state index < -0.39 is 0 Å². The molecule has 0 unspecified atom stereocenters. The molecule has 0 saturated heterocycles. The summed E-state index contributed by atoms with van der Waals surface area (Å²) in [7, 11) is 3.80. The number of amides is 1. The second-order valence-corrected chi connectivity index (χ2v) is 7.80. The van der Waals surface area contributed by atoms with Gasteiger partial charge in [-0.2, -0.15) is 5.10 Å². The van der Waals surface area contributed by atoms with E-state index in [1.807, 2.05) is 62.5 Å². The zero-order valence-electron chi connectivity index (χ0n) is 15.8. The van der Waals surface area contributed by atoms with Crippen molar-refractivity contribution in [1.82, 2.24) is 24.6 Å². The minimum absolute atomic E-state index is 0.0171. The van der Waals surface area contributed by atoms with Gasteiger partial charge >= 0.3 is 0 Å². The molecule has 0 bridgehead atoms. The monoisotopic (exact) mass is 361 g/mol. The average Bonchev–Trinajstić information content (AvgIpc) is 2.74. The fourth-order valence-electron chi connectivity index (χ4n) is 2.62. The van der Waals surface area contributed by atoms with Crippen LogP contribution in [-0.4, -0.2) is 44.3 Å². The lowest BCUT2D eigenvalue weighted by molar-refractivity contribution is -0.123. The summed E-state index contributed by atoms with van der Waals surface area (Å²) in [5, 5.41) is 7.62. The smallest absolute Gasteiger partial charge is 0.234 e. The van der Waals surface area contributed by atoms with Crippen molar-refractivity contribution in [2.24, 2.45) is 7.05 Å². The highest BCUT2D eigenvalue weighted by Crippen LogP contribution is 2.21. The molecule has 0 aliphatic heterocycles. The summed E-state index contributed by atoms with van der Waals surface area (Å²) in [6.07, 6.45) is 0. The number of aryl methyl sites for hydroxylation is 1. The van der Waals surface area contributed by atoms with Gasteiger partial charge in [0.1, 0.15) is 0 Å². The van der Waals surface area contributed by atoms with Gasteiger partial charge in [0.15, 0.2) is 10.6 Å². The summed E-state index contributed by atoms with van der Waals surface area (Å²) in [5.41, 5.74) is 1.97. The summed E-state index contributed by atoms with van der Waals surface area (Å²) in [4.78, 5) is 14.0. The topological polar surface area (TPSA) is 55.1 Å². The predicted octanol–water partition coefficient (Wildman–Crippen LogP) is 2.73. The van der Waals surface area contributed by atoms with Gasteiger partial charge in [0.2, 0.25) is 5.91 Å². The minimum atomic E-state index is -0.239. The molecule has 1 N–H and O–H groups in total. The van der Waals surface area contributed by atoms with Crippen LogP contribution in [0.3, 0.4) is 0 Å². The maximum atomic E-state index is 12.1. The first-order valence-corrected chi connectivity index (χ1v) is 8.68. The summed E-state index contributed by atoms with van der Waals surface area (Å²) >= 11 is 5.51. The van der Waals surface area contributed by atoms with Crippen molar-refractivity contribution in [1.29, 1.82) is 0 Å². The van der Waals surface area contributed by atoms with Crippen molar-refractivity contribution >= 4 is 18.1 Å². The third-order valence-corrected chi connectivity index (χ3v) is 4.21. The fourth-order valence-corrected chi connectivity index (χ4v) is 2.81. The van der Waals surface area contributed by atoms with Crippen LogP contribution in [-0.2, 0) is 18.5 Å². The Labute approximate surface area is 154 Å². The van der Waals surface area contributed by atoms with Crippen LogP contribution < -0.4 is 5.32 Å². The number of aromatic nitrogens is 3. The summed E-state index contributed by atoms with van der Waals surface area (Å²) < 4.78 is 4.28. The Morgan fingerprint density at radius 1 is 1.32 bits per heavy atom. The van der Waals surface area contributed by atoms with Crippen LogP contribution in [0.4, 0.5) is 0 Å². The molecule has 1 amide bonds. The van der Waals surface area contributed by atoms with Crippen LogP contribution in [0.1, 0.15) is 26.3 Å². The zero-order chi connectivity index (χ0) is 18.8. The number of benzene rings is 1. The lowest BCUT2D eigenvalue weighted by Gasteiger charge is -2.23. The molecule has 0 radical (unpaired) electrons. The Kier molecular flexibility index (Phi) is 5.80. The number of carbonyl (C=O) groups excluding carboxylic acids is 1. The van der Waals surface area contributed by atoms with E-state index >= 15 is 0 Å². The number of carbonyl (C=O) groups is 1. The predicted molar refractivity (Wildman–Crippen MR) is 103 cm³/mol. The fraction of sp³-hybridized carbons (Fsp3) is 0.500. The molecule has 0 aliphatic rings. The summed E-state index contributed by atoms with van der Waals surface area (Å²) in [5.74, 6) is 0.812. The standard InChI is InChI=1S/C18H27N5OS/c1-13-9-7-8-10-14(13)16-20-23(17(25)22(16)6)12-21(5)11-15(24)19-18(2,3)4/h7-10H,11-12H2,1-6H3,(H,19,24). The second kappa shape index (κ2) is 7.49. The van der Waals surface area contributed by atoms with Crippen molar-refractivity contribution in [2.45, 2.75) is 39.9 Å². The Balaban J connectivity index is 2.16. The van der Waals surface area contributed by atoms with Gasteiger partial charge in [0, 0.05) is 18.2 Å². The zero-order valence-corrected chi connectivity index (χ0v) is 16.6. The van der Waals surface area contributed by atoms with Crippen LogP contribution in [0.15, 0.2) is 24.3 Å². The van der Waals surface area contributed by atoms with Crippen molar-refractivity contribution in [3.63, 3.8) is 0 Å². The van der Waals surface area contributed by atoms with E-state index in [1.165, 1.54) is 0 Å². The van der Waals surface area contributed by atoms with Gasteiger partial charge < -0.3 is 9.88 Å². The van der Waals surface area contributed by atoms with Gasteiger partial charge in [0.05, 0.1) is 13.2 Å². The largest absolute Gasteiger partial charge is 0.350 e. The molecule has 0 fully saturated rings. The van der Waals surface area contributed by atoms with Crippen LogP contribution in [0, 0.1) is 11.7 Å². The first-order valence-electron chi connectivity index (χ1n) is 8.28. The molecule has 0 spiro atoms. The molecule has 0 aliphatic carbocycles. The van der Waals surface area contributed by atoms with Crippen LogP contribution in [0.25, 0.3) is 11.4 Å². The SMILES string of the molecule is Cc1ccccc1-c1nn(CN(C)CC(=O)NC(C)(C)C)c(=S)n1C. The lowest BCUT2D eigenvalue weighted by atomic mass is 10.1. The van der Waals surface area contributed by atoms with Crippen LogP contribution >= 0.6 is 12.2 Å². The molecule has 6 nitrogen and oxygen atoms in total.